The fourth-order valence-electron chi connectivity index (χ4n) is 3.86. The van der Waals surface area contributed by atoms with E-state index in [2.05, 4.69) is 5.32 Å². The number of carbonyl (C=O) groups excluding carboxylic acids is 1. The number of carbonyl (C=O) groups is 1. The summed E-state index contributed by atoms with van der Waals surface area (Å²) in [4.78, 5) is 12.6. The summed E-state index contributed by atoms with van der Waals surface area (Å²) in [7, 11) is 4.75. The van der Waals surface area contributed by atoms with Crippen LogP contribution >= 0.6 is 12.4 Å². The van der Waals surface area contributed by atoms with E-state index in [4.69, 9.17) is 19.9 Å². The molecule has 0 aliphatic heterocycles. The minimum atomic E-state index is 0. The van der Waals surface area contributed by atoms with Gasteiger partial charge in [-0.2, -0.15) is 0 Å². The van der Waals surface area contributed by atoms with E-state index in [1.807, 2.05) is 30.3 Å². The number of amides is 1. The monoisotopic (exact) mass is 420 g/mol. The largest absolute Gasteiger partial charge is 0.493 e. The number of ether oxygens (including phenoxy) is 3. The van der Waals surface area contributed by atoms with Gasteiger partial charge in [0.2, 0.25) is 11.7 Å². The molecule has 0 heterocycles. The van der Waals surface area contributed by atoms with Crippen LogP contribution in [0.15, 0.2) is 30.3 Å². The van der Waals surface area contributed by atoms with Crippen molar-refractivity contribution in [3.63, 3.8) is 0 Å². The normalized spacial score (nSPS) is 14.9. The molecule has 3 rings (SSSR count). The number of methoxy groups -OCH3 is 3. The molecule has 7 heteroatoms. The number of nitrogens with two attached hydrogens (primary N) is 1. The van der Waals surface area contributed by atoms with E-state index in [0.717, 1.165) is 30.5 Å². The smallest absolute Gasteiger partial charge is 0.220 e. The Morgan fingerprint density at radius 1 is 1.10 bits per heavy atom. The minimum absolute atomic E-state index is 0. The van der Waals surface area contributed by atoms with Crippen molar-refractivity contribution in [1.82, 2.24) is 5.32 Å². The molecule has 158 valence electrons. The molecule has 1 aliphatic rings. The molecule has 1 aliphatic carbocycles. The first-order valence-corrected chi connectivity index (χ1v) is 9.52. The quantitative estimate of drug-likeness (QED) is 0.665. The average Bonchev–Trinajstić information content (AvgIpc) is 2.71. The predicted octanol–water partition coefficient (Wildman–Crippen LogP) is 3.84. The molecule has 0 saturated carbocycles. The van der Waals surface area contributed by atoms with Crippen molar-refractivity contribution in [1.29, 1.82) is 0 Å². The molecule has 0 aromatic heterocycles. The fourth-order valence-corrected chi connectivity index (χ4v) is 3.86. The van der Waals surface area contributed by atoms with Gasteiger partial charge in [-0.25, -0.2) is 0 Å². The molecule has 2 aromatic rings. The molecule has 1 atom stereocenters. The van der Waals surface area contributed by atoms with Gasteiger partial charge in [-0.3, -0.25) is 4.79 Å². The lowest BCUT2D eigenvalue weighted by molar-refractivity contribution is -0.121. The zero-order chi connectivity index (χ0) is 20.1. The number of halogens is 1. The first-order chi connectivity index (χ1) is 13.6. The molecule has 0 radical (unpaired) electrons. The summed E-state index contributed by atoms with van der Waals surface area (Å²) in [5, 5.41) is 3.18. The van der Waals surface area contributed by atoms with E-state index < -0.39 is 0 Å². The van der Waals surface area contributed by atoms with Crippen LogP contribution in [-0.4, -0.2) is 27.2 Å². The van der Waals surface area contributed by atoms with Crippen LogP contribution in [0.25, 0.3) is 0 Å². The highest BCUT2D eigenvalue weighted by molar-refractivity contribution is 5.85. The van der Waals surface area contributed by atoms with Gasteiger partial charge >= 0.3 is 0 Å². The van der Waals surface area contributed by atoms with Gasteiger partial charge < -0.3 is 25.3 Å². The number of benzene rings is 2. The van der Waals surface area contributed by atoms with Gasteiger partial charge in [0, 0.05) is 12.1 Å². The third-order valence-corrected chi connectivity index (χ3v) is 5.22. The number of anilines is 1. The average molecular weight is 421 g/mol. The number of rotatable bonds is 7. The number of nitrogen functional groups attached to an aromatic ring is 1. The van der Waals surface area contributed by atoms with Crippen molar-refractivity contribution in [3.8, 4) is 17.2 Å². The van der Waals surface area contributed by atoms with E-state index in [0.29, 0.717) is 30.1 Å². The van der Waals surface area contributed by atoms with E-state index in [1.165, 1.54) is 11.1 Å². The Bertz CT molecular complexity index is 857. The van der Waals surface area contributed by atoms with Crippen LogP contribution < -0.4 is 25.3 Å². The van der Waals surface area contributed by atoms with Gasteiger partial charge in [-0.1, -0.05) is 12.1 Å². The van der Waals surface area contributed by atoms with Crippen LogP contribution in [0.3, 0.4) is 0 Å². The zero-order valence-electron chi connectivity index (χ0n) is 17.1. The second-order valence-corrected chi connectivity index (χ2v) is 6.96. The molecule has 0 fully saturated rings. The van der Waals surface area contributed by atoms with Gasteiger partial charge in [0.15, 0.2) is 11.5 Å². The second-order valence-electron chi connectivity index (χ2n) is 6.96. The summed E-state index contributed by atoms with van der Waals surface area (Å²) in [5.41, 5.74) is 9.99. The number of aryl methyl sites for hydroxylation is 2. The maximum atomic E-state index is 12.6. The Morgan fingerprint density at radius 3 is 2.55 bits per heavy atom. The third kappa shape index (κ3) is 5.07. The van der Waals surface area contributed by atoms with Crippen LogP contribution in [0.2, 0.25) is 0 Å². The summed E-state index contributed by atoms with van der Waals surface area (Å²) in [6.45, 7) is 0. The Labute approximate surface area is 178 Å². The van der Waals surface area contributed by atoms with Crippen molar-refractivity contribution < 1.29 is 19.0 Å². The molecule has 0 bridgehead atoms. The summed E-state index contributed by atoms with van der Waals surface area (Å²) in [6, 6.07) is 9.73. The first kappa shape index (κ1) is 22.7. The second kappa shape index (κ2) is 10.3. The van der Waals surface area contributed by atoms with Gasteiger partial charge in [-0.05, 0) is 60.6 Å². The Kier molecular flexibility index (Phi) is 8.02. The molecular weight excluding hydrogens is 392 g/mol. The van der Waals surface area contributed by atoms with Crippen LogP contribution in [0.1, 0.15) is 42.0 Å². The van der Waals surface area contributed by atoms with Crippen LogP contribution in [0, 0.1) is 0 Å². The standard InChI is InChI=1S/C22H28N2O4.ClH/c1-26-19-11-7-14(21(27-2)22(19)28-3)8-12-20(25)24-18-6-4-5-15-13-16(23)9-10-17(15)18;/h7,9-11,13,18H,4-6,8,12,23H2,1-3H3,(H,24,25);1H. The number of nitrogens with one attached hydrogen (secondary N) is 1. The summed E-state index contributed by atoms with van der Waals surface area (Å²) >= 11 is 0. The Morgan fingerprint density at radius 2 is 1.86 bits per heavy atom. The molecule has 3 N–H and O–H groups in total. The van der Waals surface area contributed by atoms with Gasteiger partial charge in [0.25, 0.3) is 0 Å². The number of fused-ring (bicyclic) bond motifs is 1. The molecule has 1 unspecified atom stereocenters. The fraction of sp³-hybridized carbons (Fsp3) is 0.409. The molecular formula is C22H29ClN2O4. The third-order valence-electron chi connectivity index (χ3n) is 5.22. The van der Waals surface area contributed by atoms with Gasteiger partial charge in [0.1, 0.15) is 0 Å². The van der Waals surface area contributed by atoms with E-state index in [1.54, 1.807) is 21.3 Å². The van der Waals surface area contributed by atoms with E-state index in [9.17, 15) is 4.79 Å². The Hall–Kier alpha value is -2.60. The van der Waals surface area contributed by atoms with Crippen molar-refractivity contribution in [2.75, 3.05) is 27.1 Å². The minimum Gasteiger partial charge on any atom is -0.493 e. The number of hydrogen-bond acceptors (Lipinski definition) is 5. The molecule has 0 spiro atoms. The zero-order valence-corrected chi connectivity index (χ0v) is 17.9. The lowest BCUT2D eigenvalue weighted by Crippen LogP contribution is -2.31. The van der Waals surface area contributed by atoms with Crippen molar-refractivity contribution >= 4 is 24.0 Å². The Balaban J connectivity index is 0.00000300. The molecule has 2 aromatic carbocycles. The van der Waals surface area contributed by atoms with Crippen LogP contribution in [0.5, 0.6) is 17.2 Å². The topological polar surface area (TPSA) is 82.8 Å². The van der Waals surface area contributed by atoms with Crippen LogP contribution in [0.4, 0.5) is 5.69 Å². The summed E-state index contributed by atoms with van der Waals surface area (Å²) < 4.78 is 16.2. The molecule has 6 nitrogen and oxygen atoms in total. The van der Waals surface area contributed by atoms with Crippen molar-refractivity contribution in [2.24, 2.45) is 0 Å². The lowest BCUT2D eigenvalue weighted by Gasteiger charge is -2.26. The molecule has 0 saturated heterocycles. The number of hydrogen-bond donors (Lipinski definition) is 2. The summed E-state index contributed by atoms with van der Waals surface area (Å²) in [6.07, 6.45) is 3.92. The van der Waals surface area contributed by atoms with Crippen LogP contribution in [-0.2, 0) is 17.6 Å². The predicted molar refractivity (Wildman–Crippen MR) is 116 cm³/mol. The molecule has 1 amide bonds. The SMILES string of the molecule is COc1ccc(CCC(=O)NC2CCCc3cc(N)ccc32)c(OC)c1OC.Cl. The maximum Gasteiger partial charge on any atom is 0.220 e. The maximum absolute atomic E-state index is 12.6. The summed E-state index contributed by atoms with van der Waals surface area (Å²) in [5.74, 6) is 1.77. The highest BCUT2D eigenvalue weighted by Gasteiger charge is 2.22. The molecule has 29 heavy (non-hydrogen) atoms. The van der Waals surface area contributed by atoms with Gasteiger partial charge in [-0.15, -0.1) is 12.4 Å². The van der Waals surface area contributed by atoms with Crippen molar-refractivity contribution in [3.05, 3.63) is 47.0 Å². The van der Waals surface area contributed by atoms with Crippen molar-refractivity contribution in [2.45, 2.75) is 38.1 Å². The first-order valence-electron chi connectivity index (χ1n) is 9.52. The lowest BCUT2D eigenvalue weighted by atomic mass is 9.87. The van der Waals surface area contributed by atoms with Gasteiger partial charge in [0.05, 0.1) is 27.4 Å². The van der Waals surface area contributed by atoms with E-state index >= 15 is 0 Å². The highest BCUT2D eigenvalue weighted by atomic mass is 35.5. The van der Waals surface area contributed by atoms with E-state index in [-0.39, 0.29) is 24.4 Å². The highest BCUT2D eigenvalue weighted by Crippen LogP contribution is 2.40.